The Hall–Kier alpha value is -1.12. The summed E-state index contributed by atoms with van der Waals surface area (Å²) in [6.07, 6.45) is 1.72. The highest BCUT2D eigenvalue weighted by Crippen LogP contribution is 2.06. The Morgan fingerprint density at radius 1 is 1.56 bits per heavy atom. The van der Waals surface area contributed by atoms with Gasteiger partial charge in [-0.25, -0.2) is 0 Å². The van der Waals surface area contributed by atoms with E-state index in [4.69, 9.17) is 11.5 Å². The lowest BCUT2D eigenvalue weighted by Crippen LogP contribution is -2.24. The largest absolute Gasteiger partial charge is 0.397 e. The summed E-state index contributed by atoms with van der Waals surface area (Å²) in [5, 5.41) is 2.99. The zero-order valence-corrected chi connectivity index (χ0v) is 5.44. The van der Waals surface area contributed by atoms with Crippen LogP contribution in [0.3, 0.4) is 0 Å². The summed E-state index contributed by atoms with van der Waals surface area (Å²) in [5.74, 6) is 0. The fourth-order valence-corrected chi connectivity index (χ4v) is 0.733. The average molecular weight is 125 g/mol. The van der Waals surface area contributed by atoms with Gasteiger partial charge in [0, 0.05) is 12.7 Å². The van der Waals surface area contributed by atoms with E-state index in [2.05, 4.69) is 5.32 Å². The van der Waals surface area contributed by atoms with Crippen molar-refractivity contribution in [1.29, 1.82) is 0 Å². The van der Waals surface area contributed by atoms with Crippen LogP contribution < -0.4 is 16.8 Å². The molecule has 5 N–H and O–H groups in total. The van der Waals surface area contributed by atoms with Crippen LogP contribution in [0.2, 0.25) is 0 Å². The quantitative estimate of drug-likeness (QED) is 0.413. The highest BCUT2D eigenvalue weighted by molar-refractivity contribution is 5.32. The van der Waals surface area contributed by atoms with Crippen LogP contribution in [0.15, 0.2) is 23.2 Å². The summed E-state index contributed by atoms with van der Waals surface area (Å²) in [6, 6.07) is 0. The summed E-state index contributed by atoms with van der Waals surface area (Å²) in [6.45, 7) is 2.77. The van der Waals surface area contributed by atoms with Gasteiger partial charge < -0.3 is 16.8 Å². The molecule has 0 spiro atoms. The molecule has 9 heavy (non-hydrogen) atoms. The molecule has 50 valence electrons. The third kappa shape index (κ3) is 0.988. The lowest BCUT2D eigenvalue weighted by atomic mass is 10.1. The second kappa shape index (κ2) is 2.01. The maximum absolute atomic E-state index is 5.57. The molecule has 0 radical (unpaired) electrons. The second-order valence-corrected chi connectivity index (χ2v) is 2.17. The molecule has 3 heteroatoms. The predicted molar refractivity (Wildman–Crippen MR) is 37.2 cm³/mol. The molecular weight excluding hydrogens is 114 g/mol. The van der Waals surface area contributed by atoms with Crippen molar-refractivity contribution < 1.29 is 0 Å². The first kappa shape index (κ1) is 6.01. The van der Waals surface area contributed by atoms with Crippen LogP contribution in [0.1, 0.15) is 6.92 Å². The first-order valence-electron chi connectivity index (χ1n) is 2.86. The van der Waals surface area contributed by atoms with Gasteiger partial charge in [-0.05, 0) is 12.5 Å². The van der Waals surface area contributed by atoms with E-state index < -0.39 is 0 Å². The zero-order valence-electron chi connectivity index (χ0n) is 5.44. The number of rotatable bonds is 0. The van der Waals surface area contributed by atoms with E-state index in [-0.39, 0.29) is 0 Å². The van der Waals surface area contributed by atoms with E-state index in [1.807, 2.05) is 6.92 Å². The van der Waals surface area contributed by atoms with Gasteiger partial charge in [-0.1, -0.05) is 0 Å². The van der Waals surface area contributed by atoms with Crippen LogP contribution in [-0.2, 0) is 0 Å². The Morgan fingerprint density at radius 2 is 2.22 bits per heavy atom. The maximum Gasteiger partial charge on any atom is 0.0707 e. The molecule has 0 atom stereocenters. The molecule has 3 nitrogen and oxygen atoms in total. The standard InChI is InChI=1S/C6H11N3/c1-4-2-9-3-5(7)6(4)8/h3,9H,2,7-8H2,1H3. The minimum Gasteiger partial charge on any atom is -0.397 e. The lowest BCUT2D eigenvalue weighted by molar-refractivity contribution is 0.872. The monoisotopic (exact) mass is 125 g/mol. The summed E-state index contributed by atoms with van der Waals surface area (Å²) >= 11 is 0. The van der Waals surface area contributed by atoms with Crippen molar-refractivity contribution in [2.45, 2.75) is 6.92 Å². The first-order chi connectivity index (χ1) is 4.22. The van der Waals surface area contributed by atoms with Crippen molar-refractivity contribution in [3.8, 4) is 0 Å². The Morgan fingerprint density at radius 3 is 2.67 bits per heavy atom. The van der Waals surface area contributed by atoms with Crippen molar-refractivity contribution >= 4 is 0 Å². The molecule has 0 bridgehead atoms. The molecule has 1 rings (SSSR count). The van der Waals surface area contributed by atoms with E-state index in [0.29, 0.717) is 11.4 Å². The van der Waals surface area contributed by atoms with Crippen molar-refractivity contribution in [2.75, 3.05) is 6.54 Å². The van der Waals surface area contributed by atoms with Crippen molar-refractivity contribution in [2.24, 2.45) is 11.5 Å². The molecule has 0 saturated carbocycles. The van der Waals surface area contributed by atoms with Crippen LogP contribution in [0.25, 0.3) is 0 Å². The third-order valence-electron chi connectivity index (χ3n) is 1.40. The highest BCUT2D eigenvalue weighted by atomic mass is 14.9. The van der Waals surface area contributed by atoms with Gasteiger partial charge in [-0.2, -0.15) is 0 Å². The van der Waals surface area contributed by atoms with Gasteiger partial charge in [0.15, 0.2) is 0 Å². The normalized spacial score (nSPS) is 19.0. The van der Waals surface area contributed by atoms with Gasteiger partial charge in [0.25, 0.3) is 0 Å². The molecule has 0 aromatic heterocycles. The van der Waals surface area contributed by atoms with Crippen molar-refractivity contribution in [3.63, 3.8) is 0 Å². The maximum atomic E-state index is 5.57. The summed E-state index contributed by atoms with van der Waals surface area (Å²) in [7, 11) is 0. The Balaban J connectivity index is 2.88. The molecule has 0 aromatic rings. The summed E-state index contributed by atoms with van der Waals surface area (Å²) in [4.78, 5) is 0. The van der Waals surface area contributed by atoms with E-state index in [1.165, 1.54) is 0 Å². The van der Waals surface area contributed by atoms with Crippen LogP contribution in [0, 0.1) is 0 Å². The van der Waals surface area contributed by atoms with E-state index in [9.17, 15) is 0 Å². The third-order valence-corrected chi connectivity index (χ3v) is 1.40. The fourth-order valence-electron chi connectivity index (χ4n) is 0.733. The van der Waals surface area contributed by atoms with Gasteiger partial charge in [0.05, 0.1) is 11.4 Å². The van der Waals surface area contributed by atoms with Gasteiger partial charge in [-0.15, -0.1) is 0 Å². The molecule has 1 aliphatic heterocycles. The SMILES string of the molecule is CC1=C(N)C(N)=CNC1. The van der Waals surface area contributed by atoms with E-state index >= 15 is 0 Å². The van der Waals surface area contributed by atoms with Gasteiger partial charge in [-0.3, -0.25) is 0 Å². The molecule has 0 aromatic carbocycles. The Labute approximate surface area is 54.4 Å². The molecule has 1 aliphatic rings. The number of nitrogens with one attached hydrogen (secondary N) is 1. The van der Waals surface area contributed by atoms with E-state index in [1.54, 1.807) is 6.20 Å². The van der Waals surface area contributed by atoms with E-state index in [0.717, 1.165) is 12.1 Å². The number of hydrogen-bond acceptors (Lipinski definition) is 3. The Bertz CT molecular complexity index is 179. The van der Waals surface area contributed by atoms with Crippen LogP contribution in [-0.4, -0.2) is 6.54 Å². The number of nitrogens with two attached hydrogens (primary N) is 2. The van der Waals surface area contributed by atoms with Crippen molar-refractivity contribution in [1.82, 2.24) is 5.32 Å². The minimum atomic E-state index is 0.638. The molecular formula is C6H11N3. The van der Waals surface area contributed by atoms with Crippen LogP contribution in [0.5, 0.6) is 0 Å². The average Bonchev–Trinajstić information content (AvgIpc) is 1.83. The molecule has 0 aliphatic carbocycles. The predicted octanol–water partition coefficient (Wildman–Crippen LogP) is -0.378. The first-order valence-corrected chi connectivity index (χ1v) is 2.86. The van der Waals surface area contributed by atoms with Gasteiger partial charge >= 0.3 is 0 Å². The molecule has 0 fully saturated rings. The molecule has 0 amide bonds. The molecule has 0 unspecified atom stereocenters. The molecule has 0 saturated heterocycles. The smallest absolute Gasteiger partial charge is 0.0707 e. The van der Waals surface area contributed by atoms with Gasteiger partial charge in [0.2, 0.25) is 0 Å². The lowest BCUT2D eigenvalue weighted by Gasteiger charge is -2.13. The molecule has 1 heterocycles. The minimum absolute atomic E-state index is 0.638. The zero-order chi connectivity index (χ0) is 6.85. The highest BCUT2D eigenvalue weighted by Gasteiger charge is 2.04. The Kier molecular flexibility index (Phi) is 1.34. The number of hydrogen-bond donors (Lipinski definition) is 3. The van der Waals surface area contributed by atoms with Crippen LogP contribution >= 0.6 is 0 Å². The topological polar surface area (TPSA) is 64.1 Å². The summed E-state index contributed by atoms with van der Waals surface area (Å²) < 4.78 is 0. The van der Waals surface area contributed by atoms with Gasteiger partial charge in [0.1, 0.15) is 0 Å². The number of dihydropyridines is 1. The van der Waals surface area contributed by atoms with Crippen molar-refractivity contribution in [3.05, 3.63) is 23.2 Å². The van der Waals surface area contributed by atoms with Crippen LogP contribution in [0.4, 0.5) is 0 Å². The second-order valence-electron chi connectivity index (χ2n) is 2.17. The fraction of sp³-hybridized carbons (Fsp3) is 0.333. The summed E-state index contributed by atoms with van der Waals surface area (Å²) in [5.41, 5.74) is 13.5.